The van der Waals surface area contributed by atoms with Crippen LogP contribution in [0.15, 0.2) is 42.5 Å². The zero-order chi connectivity index (χ0) is 14.8. The van der Waals surface area contributed by atoms with Crippen molar-refractivity contribution in [2.24, 2.45) is 5.92 Å². The molecule has 1 N–H and O–H groups in total. The quantitative estimate of drug-likeness (QED) is 0.824. The lowest BCUT2D eigenvalue weighted by Crippen LogP contribution is -2.46. The molecule has 1 aliphatic heterocycles. The molecular formula is C17H18Cl3NO. The van der Waals surface area contributed by atoms with Crippen molar-refractivity contribution in [1.82, 2.24) is 5.32 Å². The Kier molecular flexibility index (Phi) is 5.99. The van der Waals surface area contributed by atoms with Gasteiger partial charge in [0.05, 0.1) is 10.0 Å². The average Bonchev–Trinajstić information content (AvgIpc) is 2.41. The molecule has 0 spiro atoms. The predicted octanol–water partition coefficient (Wildman–Crippen LogP) is 5.06. The summed E-state index contributed by atoms with van der Waals surface area (Å²) in [5.74, 6) is 1.33. The molecule has 22 heavy (non-hydrogen) atoms. The first-order chi connectivity index (χ1) is 10.1. The molecule has 1 saturated heterocycles. The van der Waals surface area contributed by atoms with E-state index in [-0.39, 0.29) is 18.5 Å². The number of aryl methyl sites for hydroxylation is 1. The zero-order valence-corrected chi connectivity index (χ0v) is 14.5. The van der Waals surface area contributed by atoms with Gasteiger partial charge in [-0.25, -0.2) is 0 Å². The van der Waals surface area contributed by atoms with Crippen molar-refractivity contribution >= 4 is 35.6 Å². The topological polar surface area (TPSA) is 21.3 Å². The second kappa shape index (κ2) is 7.56. The molecule has 2 aromatic carbocycles. The van der Waals surface area contributed by atoms with Crippen molar-refractivity contribution in [1.29, 1.82) is 0 Å². The van der Waals surface area contributed by atoms with Gasteiger partial charge in [0.2, 0.25) is 0 Å². The summed E-state index contributed by atoms with van der Waals surface area (Å²) in [5, 5.41) is 4.43. The molecule has 3 rings (SSSR count). The smallest absolute Gasteiger partial charge is 0.129 e. The molecule has 1 aliphatic rings. The van der Waals surface area contributed by atoms with Crippen LogP contribution in [0.4, 0.5) is 0 Å². The van der Waals surface area contributed by atoms with Crippen LogP contribution in [0.1, 0.15) is 17.2 Å². The second-order valence-electron chi connectivity index (χ2n) is 5.44. The Morgan fingerprint density at radius 3 is 2.27 bits per heavy atom. The highest BCUT2D eigenvalue weighted by atomic mass is 35.5. The molecule has 0 amide bonds. The van der Waals surface area contributed by atoms with Crippen molar-refractivity contribution in [3.63, 3.8) is 0 Å². The highest BCUT2D eigenvalue weighted by Crippen LogP contribution is 2.34. The molecule has 0 aromatic heterocycles. The molecule has 1 atom stereocenters. The van der Waals surface area contributed by atoms with Crippen molar-refractivity contribution in [3.05, 3.63) is 63.6 Å². The lowest BCUT2D eigenvalue weighted by molar-refractivity contribution is 0.0993. The normalized spacial score (nSPS) is 15.6. The third-order valence-electron chi connectivity index (χ3n) is 3.80. The van der Waals surface area contributed by atoms with Crippen molar-refractivity contribution in [2.75, 3.05) is 13.1 Å². The van der Waals surface area contributed by atoms with Crippen molar-refractivity contribution < 1.29 is 4.74 Å². The van der Waals surface area contributed by atoms with E-state index in [2.05, 4.69) is 24.4 Å². The van der Waals surface area contributed by atoms with Gasteiger partial charge in [0.15, 0.2) is 0 Å². The SMILES string of the molecule is Cc1ccc(OC(c2ccc(Cl)c(Cl)c2)C2CNC2)cc1.Cl. The maximum absolute atomic E-state index is 6.21. The van der Waals surface area contributed by atoms with Crippen LogP contribution in [0.25, 0.3) is 0 Å². The Morgan fingerprint density at radius 2 is 1.73 bits per heavy atom. The Bertz CT molecular complexity index is 626. The molecule has 1 unspecified atom stereocenters. The Labute approximate surface area is 147 Å². The van der Waals surface area contributed by atoms with E-state index >= 15 is 0 Å². The maximum atomic E-state index is 6.21. The molecule has 118 valence electrons. The van der Waals surface area contributed by atoms with Gasteiger partial charge in [0.25, 0.3) is 0 Å². The minimum Gasteiger partial charge on any atom is -0.485 e. The molecule has 1 fully saturated rings. The molecule has 1 heterocycles. The molecular weight excluding hydrogens is 341 g/mol. The Morgan fingerprint density at radius 1 is 1.05 bits per heavy atom. The fourth-order valence-electron chi connectivity index (χ4n) is 2.41. The van der Waals surface area contributed by atoms with Crippen LogP contribution in [0.2, 0.25) is 10.0 Å². The summed E-state index contributed by atoms with van der Waals surface area (Å²) in [6, 6.07) is 13.8. The standard InChI is InChI=1S/C17H17Cl2NO.ClH/c1-11-2-5-14(6-3-11)21-17(13-9-20-10-13)12-4-7-15(18)16(19)8-12;/h2-8,13,17,20H,9-10H2,1H3;1H. The van der Waals surface area contributed by atoms with E-state index in [1.54, 1.807) is 0 Å². The molecule has 0 bridgehead atoms. The third kappa shape index (κ3) is 3.88. The zero-order valence-electron chi connectivity index (χ0n) is 12.2. The van der Waals surface area contributed by atoms with Gasteiger partial charge in [-0.1, -0.05) is 47.0 Å². The monoisotopic (exact) mass is 357 g/mol. The van der Waals surface area contributed by atoms with E-state index in [1.165, 1.54) is 5.56 Å². The number of hydrogen-bond donors (Lipinski definition) is 1. The number of nitrogens with one attached hydrogen (secondary N) is 1. The third-order valence-corrected chi connectivity index (χ3v) is 4.54. The minimum absolute atomic E-state index is 0. The number of halogens is 3. The van der Waals surface area contributed by atoms with Crippen molar-refractivity contribution in [2.45, 2.75) is 13.0 Å². The van der Waals surface area contributed by atoms with Crippen LogP contribution in [-0.4, -0.2) is 13.1 Å². The Hall–Kier alpha value is -0.930. The summed E-state index contributed by atoms with van der Waals surface area (Å²) in [5.41, 5.74) is 2.29. The van der Waals surface area contributed by atoms with E-state index in [0.29, 0.717) is 16.0 Å². The summed E-state index contributed by atoms with van der Waals surface area (Å²) in [4.78, 5) is 0. The molecule has 0 saturated carbocycles. The van der Waals surface area contributed by atoms with Crippen LogP contribution < -0.4 is 10.1 Å². The minimum atomic E-state index is -0.0104. The van der Waals surface area contributed by atoms with E-state index in [1.807, 2.05) is 30.3 Å². The summed E-state index contributed by atoms with van der Waals surface area (Å²) in [6.45, 7) is 3.98. The average molecular weight is 359 g/mol. The van der Waals surface area contributed by atoms with Gasteiger partial charge in [0, 0.05) is 19.0 Å². The lowest BCUT2D eigenvalue weighted by atomic mass is 9.91. The number of rotatable bonds is 4. The van der Waals surface area contributed by atoms with Gasteiger partial charge in [-0.2, -0.15) is 0 Å². The van der Waals surface area contributed by atoms with Gasteiger partial charge in [-0.15, -0.1) is 12.4 Å². The summed E-state index contributed by atoms with van der Waals surface area (Å²) in [6.07, 6.45) is -0.0104. The highest BCUT2D eigenvalue weighted by Gasteiger charge is 2.30. The highest BCUT2D eigenvalue weighted by molar-refractivity contribution is 6.42. The van der Waals surface area contributed by atoms with E-state index in [4.69, 9.17) is 27.9 Å². The predicted molar refractivity (Wildman–Crippen MR) is 94.6 cm³/mol. The Balaban J connectivity index is 0.00000176. The largest absolute Gasteiger partial charge is 0.485 e. The summed E-state index contributed by atoms with van der Waals surface area (Å²) in [7, 11) is 0. The molecule has 5 heteroatoms. The maximum Gasteiger partial charge on any atom is 0.129 e. The number of hydrogen-bond acceptors (Lipinski definition) is 2. The molecule has 0 aliphatic carbocycles. The summed E-state index contributed by atoms with van der Waals surface area (Å²) >= 11 is 12.1. The van der Waals surface area contributed by atoms with Crippen LogP contribution in [0.5, 0.6) is 5.75 Å². The fraction of sp³-hybridized carbons (Fsp3) is 0.294. The molecule has 2 aromatic rings. The molecule has 0 radical (unpaired) electrons. The van der Waals surface area contributed by atoms with Gasteiger partial charge in [-0.3, -0.25) is 0 Å². The van der Waals surface area contributed by atoms with E-state index < -0.39 is 0 Å². The van der Waals surface area contributed by atoms with E-state index in [0.717, 1.165) is 24.4 Å². The first kappa shape index (κ1) is 17.4. The number of benzene rings is 2. The van der Waals surface area contributed by atoms with Gasteiger partial charge < -0.3 is 10.1 Å². The fourth-order valence-corrected chi connectivity index (χ4v) is 2.72. The van der Waals surface area contributed by atoms with E-state index in [9.17, 15) is 0 Å². The summed E-state index contributed by atoms with van der Waals surface area (Å²) < 4.78 is 6.21. The van der Waals surface area contributed by atoms with Crippen LogP contribution in [0, 0.1) is 12.8 Å². The van der Waals surface area contributed by atoms with Gasteiger partial charge >= 0.3 is 0 Å². The first-order valence-electron chi connectivity index (χ1n) is 7.02. The first-order valence-corrected chi connectivity index (χ1v) is 7.78. The molecule has 2 nitrogen and oxygen atoms in total. The van der Waals surface area contributed by atoms with Crippen LogP contribution in [-0.2, 0) is 0 Å². The lowest BCUT2D eigenvalue weighted by Gasteiger charge is -2.35. The second-order valence-corrected chi connectivity index (χ2v) is 6.26. The van der Waals surface area contributed by atoms with Gasteiger partial charge in [-0.05, 0) is 36.8 Å². The van der Waals surface area contributed by atoms with Gasteiger partial charge in [0.1, 0.15) is 11.9 Å². The van der Waals surface area contributed by atoms with Crippen molar-refractivity contribution in [3.8, 4) is 5.75 Å². The van der Waals surface area contributed by atoms with Crippen LogP contribution >= 0.6 is 35.6 Å². The number of ether oxygens (including phenoxy) is 1. The van der Waals surface area contributed by atoms with Crippen LogP contribution in [0.3, 0.4) is 0 Å².